The maximum atomic E-state index is 13.9. The summed E-state index contributed by atoms with van der Waals surface area (Å²) in [4.78, 5) is 37.2. The number of hydrogen-bond donors (Lipinski definition) is 2. The Morgan fingerprint density at radius 3 is 2.58 bits per heavy atom. The Hall–Kier alpha value is -3.22. The molecule has 0 aliphatic carbocycles. The zero-order chi connectivity index (χ0) is 18.7. The van der Waals surface area contributed by atoms with Crippen molar-refractivity contribution in [3.8, 4) is 0 Å². The van der Waals surface area contributed by atoms with E-state index in [9.17, 15) is 18.8 Å². The summed E-state index contributed by atoms with van der Waals surface area (Å²) in [5.41, 5.74) is 1.26. The van der Waals surface area contributed by atoms with Crippen LogP contribution in [0.25, 0.3) is 0 Å². The van der Waals surface area contributed by atoms with Crippen LogP contribution in [0.5, 0.6) is 0 Å². The highest BCUT2D eigenvalue weighted by atomic mass is 19.1. The summed E-state index contributed by atoms with van der Waals surface area (Å²) in [6, 6.07) is 11.9. The molecule has 26 heavy (non-hydrogen) atoms. The zero-order valence-electron chi connectivity index (χ0n) is 14.2. The Morgan fingerprint density at radius 2 is 1.88 bits per heavy atom. The summed E-state index contributed by atoms with van der Waals surface area (Å²) < 4.78 is 13.9. The molecule has 2 aromatic carbocycles. The average molecular weight is 355 g/mol. The molecule has 4 amide bonds. The lowest BCUT2D eigenvalue weighted by Crippen LogP contribution is -2.32. The lowest BCUT2D eigenvalue weighted by atomic mass is 10.0. The van der Waals surface area contributed by atoms with Crippen molar-refractivity contribution in [2.24, 2.45) is 0 Å². The van der Waals surface area contributed by atoms with Crippen molar-refractivity contribution in [3.63, 3.8) is 0 Å². The molecule has 0 saturated carbocycles. The van der Waals surface area contributed by atoms with E-state index in [0.29, 0.717) is 16.7 Å². The summed E-state index contributed by atoms with van der Waals surface area (Å²) in [6.45, 7) is 1.65. The van der Waals surface area contributed by atoms with Gasteiger partial charge in [0.15, 0.2) is 0 Å². The highest BCUT2D eigenvalue weighted by Crippen LogP contribution is 2.19. The third kappa shape index (κ3) is 3.56. The van der Waals surface area contributed by atoms with E-state index in [2.05, 4.69) is 10.6 Å². The number of carbonyl (C=O) groups excluding carboxylic acids is 3. The van der Waals surface area contributed by atoms with Crippen LogP contribution < -0.4 is 10.6 Å². The quantitative estimate of drug-likeness (QED) is 0.808. The smallest absolute Gasteiger partial charge is 0.324 e. The number of benzene rings is 2. The molecule has 0 unspecified atom stereocenters. The SMILES string of the molecule is C[C@@H](NC(=O)c1ccccc1CN1C(=O)CNC1=O)c1ccccc1F. The summed E-state index contributed by atoms with van der Waals surface area (Å²) in [6.07, 6.45) is 0. The minimum absolute atomic E-state index is 0.00232. The van der Waals surface area contributed by atoms with E-state index in [1.807, 2.05) is 0 Å². The molecule has 7 heteroatoms. The number of halogens is 1. The Balaban J connectivity index is 1.79. The van der Waals surface area contributed by atoms with E-state index < -0.39 is 23.8 Å². The third-order valence-electron chi connectivity index (χ3n) is 4.25. The largest absolute Gasteiger partial charge is 0.345 e. The fourth-order valence-electron chi connectivity index (χ4n) is 2.84. The van der Waals surface area contributed by atoms with E-state index in [-0.39, 0.29) is 19.0 Å². The highest BCUT2D eigenvalue weighted by molar-refractivity contribution is 6.02. The molecule has 0 radical (unpaired) electrons. The molecule has 3 rings (SSSR count). The molecule has 1 fully saturated rings. The second-order valence-corrected chi connectivity index (χ2v) is 6.01. The molecule has 1 saturated heterocycles. The Morgan fingerprint density at radius 1 is 1.19 bits per heavy atom. The molecule has 2 N–H and O–H groups in total. The van der Waals surface area contributed by atoms with Gasteiger partial charge in [0.2, 0.25) is 5.91 Å². The second-order valence-electron chi connectivity index (χ2n) is 6.01. The van der Waals surface area contributed by atoms with Gasteiger partial charge in [-0.2, -0.15) is 0 Å². The van der Waals surface area contributed by atoms with Crippen molar-refractivity contribution in [1.82, 2.24) is 15.5 Å². The van der Waals surface area contributed by atoms with E-state index >= 15 is 0 Å². The summed E-state index contributed by atoms with van der Waals surface area (Å²) in [7, 11) is 0. The summed E-state index contributed by atoms with van der Waals surface area (Å²) >= 11 is 0. The van der Waals surface area contributed by atoms with Crippen molar-refractivity contribution in [2.75, 3.05) is 6.54 Å². The topological polar surface area (TPSA) is 78.5 Å². The van der Waals surface area contributed by atoms with Crippen LogP contribution in [0.4, 0.5) is 9.18 Å². The first-order valence-corrected chi connectivity index (χ1v) is 8.18. The van der Waals surface area contributed by atoms with Crippen LogP contribution in [0.2, 0.25) is 0 Å². The Bertz CT molecular complexity index is 853. The molecule has 1 aliphatic heterocycles. The first-order valence-electron chi connectivity index (χ1n) is 8.18. The normalized spacial score (nSPS) is 14.9. The van der Waals surface area contributed by atoms with Gasteiger partial charge in [-0.1, -0.05) is 36.4 Å². The number of urea groups is 1. The van der Waals surface area contributed by atoms with Crippen molar-refractivity contribution >= 4 is 17.8 Å². The number of nitrogens with zero attached hydrogens (tertiary/aromatic N) is 1. The Kier molecular flexibility index (Phi) is 4.97. The summed E-state index contributed by atoms with van der Waals surface area (Å²) in [5, 5.41) is 5.20. The van der Waals surface area contributed by atoms with Gasteiger partial charge in [-0.25, -0.2) is 9.18 Å². The number of nitrogens with one attached hydrogen (secondary N) is 2. The fourth-order valence-corrected chi connectivity index (χ4v) is 2.84. The van der Waals surface area contributed by atoms with Gasteiger partial charge in [0.1, 0.15) is 5.82 Å². The predicted molar refractivity (Wildman–Crippen MR) is 92.7 cm³/mol. The van der Waals surface area contributed by atoms with E-state index in [1.165, 1.54) is 6.07 Å². The standard InChI is InChI=1S/C19H18FN3O3/c1-12(14-7-4-5-9-16(14)20)22-18(25)15-8-3-2-6-13(15)11-23-17(24)10-21-19(23)26/h2-9,12H,10-11H2,1H3,(H,21,26)(H,22,25)/t12-/m1/s1. The number of hydrogen-bond acceptors (Lipinski definition) is 3. The van der Waals surface area contributed by atoms with Crippen molar-refractivity contribution in [2.45, 2.75) is 19.5 Å². The highest BCUT2D eigenvalue weighted by Gasteiger charge is 2.29. The second kappa shape index (κ2) is 7.35. The van der Waals surface area contributed by atoms with Gasteiger partial charge in [0, 0.05) is 11.1 Å². The molecular weight excluding hydrogens is 337 g/mol. The lowest BCUT2D eigenvalue weighted by molar-refractivity contribution is -0.125. The van der Waals surface area contributed by atoms with Crippen LogP contribution in [0.1, 0.15) is 34.5 Å². The maximum Gasteiger partial charge on any atom is 0.324 e. The van der Waals surface area contributed by atoms with Crippen LogP contribution in [-0.4, -0.2) is 29.3 Å². The van der Waals surface area contributed by atoms with Gasteiger partial charge in [-0.3, -0.25) is 14.5 Å². The van der Waals surface area contributed by atoms with E-state index in [1.54, 1.807) is 49.4 Å². The maximum absolute atomic E-state index is 13.9. The van der Waals surface area contributed by atoms with E-state index in [4.69, 9.17) is 0 Å². The molecule has 0 bridgehead atoms. The monoisotopic (exact) mass is 355 g/mol. The molecule has 0 spiro atoms. The van der Waals surface area contributed by atoms with Crippen LogP contribution >= 0.6 is 0 Å². The number of rotatable bonds is 5. The van der Waals surface area contributed by atoms with Gasteiger partial charge in [0.25, 0.3) is 5.91 Å². The van der Waals surface area contributed by atoms with Gasteiger partial charge in [-0.05, 0) is 24.6 Å². The molecule has 134 valence electrons. The number of amides is 4. The van der Waals surface area contributed by atoms with Crippen molar-refractivity contribution in [1.29, 1.82) is 0 Å². The predicted octanol–water partition coefficient (Wildman–Crippen LogP) is 2.37. The molecular formula is C19H18FN3O3. The van der Waals surface area contributed by atoms with Crippen LogP contribution in [0, 0.1) is 5.82 Å². The van der Waals surface area contributed by atoms with Gasteiger partial charge in [0.05, 0.1) is 19.1 Å². The minimum Gasteiger partial charge on any atom is -0.345 e. The Labute approximate surface area is 150 Å². The average Bonchev–Trinajstić information content (AvgIpc) is 2.94. The van der Waals surface area contributed by atoms with E-state index in [0.717, 1.165) is 4.90 Å². The molecule has 0 aromatic heterocycles. The van der Waals surface area contributed by atoms with Gasteiger partial charge < -0.3 is 10.6 Å². The van der Waals surface area contributed by atoms with Crippen molar-refractivity contribution in [3.05, 3.63) is 71.0 Å². The molecule has 1 atom stereocenters. The van der Waals surface area contributed by atoms with Crippen LogP contribution in [-0.2, 0) is 11.3 Å². The van der Waals surface area contributed by atoms with Crippen LogP contribution in [0.15, 0.2) is 48.5 Å². The first-order chi connectivity index (χ1) is 12.5. The molecule has 1 heterocycles. The number of carbonyl (C=O) groups is 3. The third-order valence-corrected chi connectivity index (χ3v) is 4.25. The lowest BCUT2D eigenvalue weighted by Gasteiger charge is -2.18. The zero-order valence-corrected chi connectivity index (χ0v) is 14.2. The summed E-state index contributed by atoms with van der Waals surface area (Å²) in [5.74, 6) is -1.14. The molecule has 2 aromatic rings. The van der Waals surface area contributed by atoms with Gasteiger partial charge >= 0.3 is 6.03 Å². The van der Waals surface area contributed by atoms with Crippen molar-refractivity contribution < 1.29 is 18.8 Å². The fraction of sp³-hybridized carbons (Fsp3) is 0.211. The van der Waals surface area contributed by atoms with Gasteiger partial charge in [-0.15, -0.1) is 0 Å². The molecule has 1 aliphatic rings. The number of imide groups is 1. The van der Waals surface area contributed by atoms with Crippen LogP contribution in [0.3, 0.4) is 0 Å². The first kappa shape index (κ1) is 17.6. The molecule has 6 nitrogen and oxygen atoms in total. The minimum atomic E-state index is -0.534.